The first-order chi connectivity index (χ1) is 11.4. The smallest absolute Gasteiger partial charge is 0.339 e. The molecule has 2 rings (SSSR count). The van der Waals surface area contributed by atoms with Crippen LogP contribution in [-0.2, 0) is 27.9 Å². The summed E-state index contributed by atoms with van der Waals surface area (Å²) in [6.07, 6.45) is -0.165. The lowest BCUT2D eigenvalue weighted by molar-refractivity contribution is -0.117. The third-order valence-electron chi connectivity index (χ3n) is 3.29. The first kappa shape index (κ1) is 17.8. The molecule has 0 spiro atoms. The lowest BCUT2D eigenvalue weighted by Gasteiger charge is -2.16. The molecule has 3 N–H and O–H groups in total. The Morgan fingerprint density at radius 2 is 1.83 bits per heavy atom. The monoisotopic (exact) mass is 351 g/mol. The number of amides is 1. The Hall–Kier alpha value is -2.58. The van der Waals surface area contributed by atoms with Crippen LogP contribution in [0, 0.1) is 0 Å². The van der Waals surface area contributed by atoms with Gasteiger partial charge in [-0.2, -0.15) is 8.42 Å². The average Bonchev–Trinajstić information content (AvgIpc) is 2.55. The van der Waals surface area contributed by atoms with Gasteiger partial charge in [-0.25, -0.2) is 0 Å². The summed E-state index contributed by atoms with van der Waals surface area (Å²) in [5.74, 6) is -0.666. The quantitative estimate of drug-likeness (QED) is 0.719. The van der Waals surface area contributed by atoms with Gasteiger partial charge >= 0.3 is 10.1 Å². The minimum absolute atomic E-state index is 0.0451. The molecule has 1 amide bonds. The van der Waals surface area contributed by atoms with Crippen molar-refractivity contribution in [2.24, 2.45) is 5.73 Å². The van der Waals surface area contributed by atoms with Crippen LogP contribution in [0.25, 0.3) is 0 Å². The third kappa shape index (κ3) is 3.84. The van der Waals surface area contributed by atoms with Crippen molar-refractivity contribution in [1.82, 2.24) is 0 Å². The highest BCUT2D eigenvalue weighted by atomic mass is 32.2. The van der Waals surface area contributed by atoms with Gasteiger partial charge in [-0.05, 0) is 23.8 Å². The van der Waals surface area contributed by atoms with Gasteiger partial charge in [0, 0.05) is 5.56 Å². The van der Waals surface area contributed by atoms with E-state index >= 15 is 0 Å². The van der Waals surface area contributed by atoms with Gasteiger partial charge in [0.25, 0.3) is 0 Å². The van der Waals surface area contributed by atoms with E-state index in [-0.39, 0.29) is 28.4 Å². The molecular formula is C16H17NO6S. The normalized spacial score (nSPS) is 11.1. The number of carbonyl (C=O) groups is 1. The minimum Gasteiger partial charge on any atom is -0.493 e. The van der Waals surface area contributed by atoms with E-state index in [1.807, 2.05) is 0 Å². The van der Waals surface area contributed by atoms with Crippen LogP contribution in [0.3, 0.4) is 0 Å². The maximum Gasteiger partial charge on any atom is 0.339 e. The molecule has 0 unspecified atom stereocenters. The van der Waals surface area contributed by atoms with E-state index in [0.717, 1.165) is 0 Å². The molecule has 0 fully saturated rings. The fourth-order valence-electron chi connectivity index (χ4n) is 2.17. The van der Waals surface area contributed by atoms with Gasteiger partial charge in [-0.1, -0.05) is 24.3 Å². The van der Waals surface area contributed by atoms with E-state index in [1.165, 1.54) is 31.4 Å². The highest BCUT2D eigenvalue weighted by Gasteiger charge is 2.23. The summed E-state index contributed by atoms with van der Waals surface area (Å²) in [7, 11) is -2.79. The molecule has 0 saturated carbocycles. The second-order valence-corrected chi connectivity index (χ2v) is 6.43. The lowest BCUT2D eigenvalue weighted by atomic mass is 10.0. The van der Waals surface area contributed by atoms with Crippen LogP contribution < -0.4 is 14.7 Å². The highest BCUT2D eigenvalue weighted by Crippen LogP contribution is 2.36. The van der Waals surface area contributed by atoms with E-state index in [1.54, 1.807) is 18.2 Å². The van der Waals surface area contributed by atoms with Crippen molar-refractivity contribution in [2.75, 3.05) is 7.11 Å². The number of hydrogen-bond donors (Lipinski definition) is 2. The fourth-order valence-corrected chi connectivity index (χ4v) is 3.16. The van der Waals surface area contributed by atoms with Gasteiger partial charge in [0.15, 0.2) is 11.5 Å². The van der Waals surface area contributed by atoms with Gasteiger partial charge in [-0.3, -0.25) is 4.79 Å². The predicted octanol–water partition coefficient (Wildman–Crippen LogP) is 0.983. The molecule has 0 aliphatic rings. The van der Waals surface area contributed by atoms with Crippen LogP contribution in [0.4, 0.5) is 0 Å². The minimum atomic E-state index is -4.13. The van der Waals surface area contributed by atoms with Crippen LogP contribution in [0.15, 0.2) is 47.4 Å². The molecule has 0 radical (unpaired) electrons. The van der Waals surface area contributed by atoms with Crippen LogP contribution >= 0.6 is 0 Å². The number of rotatable bonds is 7. The van der Waals surface area contributed by atoms with E-state index in [2.05, 4.69) is 0 Å². The summed E-state index contributed by atoms with van der Waals surface area (Å²) in [6.45, 7) is -0.542. The number of methoxy groups -OCH3 is 1. The Morgan fingerprint density at radius 1 is 1.17 bits per heavy atom. The van der Waals surface area contributed by atoms with Crippen molar-refractivity contribution in [3.8, 4) is 11.5 Å². The van der Waals surface area contributed by atoms with Gasteiger partial charge < -0.3 is 19.8 Å². The zero-order valence-electron chi connectivity index (χ0n) is 12.9. The number of benzene rings is 2. The Labute approximate surface area is 139 Å². The van der Waals surface area contributed by atoms with Crippen molar-refractivity contribution in [1.29, 1.82) is 0 Å². The van der Waals surface area contributed by atoms with Crippen molar-refractivity contribution in [2.45, 2.75) is 17.9 Å². The number of aliphatic hydroxyl groups excluding tert-OH is 1. The number of aliphatic hydroxyl groups is 1. The van der Waals surface area contributed by atoms with Crippen LogP contribution in [0.2, 0.25) is 0 Å². The van der Waals surface area contributed by atoms with Crippen LogP contribution in [0.1, 0.15) is 11.1 Å². The molecule has 128 valence electrons. The SMILES string of the molecule is COc1ccc(CC(N)=O)c(CO)c1OS(=O)(=O)c1ccccc1. The van der Waals surface area contributed by atoms with E-state index in [0.29, 0.717) is 5.56 Å². The molecule has 0 heterocycles. The Kier molecular flexibility index (Phi) is 5.42. The van der Waals surface area contributed by atoms with Gasteiger partial charge in [0.1, 0.15) is 4.90 Å². The van der Waals surface area contributed by atoms with Gasteiger partial charge in [0.05, 0.1) is 20.1 Å². The summed E-state index contributed by atoms with van der Waals surface area (Å²) < 4.78 is 35.1. The number of carbonyl (C=O) groups excluding carboxylic acids is 1. The Balaban J connectivity index is 2.53. The molecular weight excluding hydrogens is 334 g/mol. The van der Waals surface area contributed by atoms with Gasteiger partial charge in [-0.15, -0.1) is 0 Å². The number of primary amides is 1. The standard InChI is InChI=1S/C16H17NO6S/c1-22-14-8-7-11(9-15(17)19)13(10-18)16(14)23-24(20,21)12-5-3-2-4-6-12/h2-8,18H,9-10H2,1H3,(H2,17,19). The van der Waals surface area contributed by atoms with Gasteiger partial charge in [0.2, 0.25) is 5.91 Å². The summed E-state index contributed by atoms with van der Waals surface area (Å²) >= 11 is 0. The lowest BCUT2D eigenvalue weighted by Crippen LogP contribution is -2.17. The van der Waals surface area contributed by atoms with Crippen molar-refractivity contribution < 1.29 is 27.2 Å². The largest absolute Gasteiger partial charge is 0.493 e. The molecule has 0 aromatic heterocycles. The van der Waals surface area contributed by atoms with E-state index < -0.39 is 22.6 Å². The zero-order chi connectivity index (χ0) is 17.7. The van der Waals surface area contributed by atoms with Crippen molar-refractivity contribution in [3.05, 3.63) is 53.6 Å². The van der Waals surface area contributed by atoms with E-state index in [9.17, 15) is 18.3 Å². The Morgan fingerprint density at radius 3 is 2.38 bits per heavy atom. The van der Waals surface area contributed by atoms with Crippen molar-refractivity contribution in [3.63, 3.8) is 0 Å². The summed E-state index contributed by atoms with van der Waals surface area (Å²) in [4.78, 5) is 11.1. The molecule has 0 aliphatic carbocycles. The number of hydrogen-bond acceptors (Lipinski definition) is 6. The molecule has 2 aromatic rings. The topological polar surface area (TPSA) is 116 Å². The maximum absolute atomic E-state index is 12.4. The second kappa shape index (κ2) is 7.33. The molecule has 8 heteroatoms. The highest BCUT2D eigenvalue weighted by molar-refractivity contribution is 7.87. The summed E-state index contributed by atoms with van der Waals surface area (Å²) in [5, 5.41) is 9.62. The molecule has 2 aromatic carbocycles. The maximum atomic E-state index is 12.4. The van der Waals surface area contributed by atoms with Crippen molar-refractivity contribution >= 4 is 16.0 Å². The molecule has 0 saturated heterocycles. The second-order valence-electron chi connectivity index (χ2n) is 4.89. The van der Waals surface area contributed by atoms with Crippen LogP contribution in [0.5, 0.6) is 11.5 Å². The zero-order valence-corrected chi connectivity index (χ0v) is 13.7. The third-order valence-corrected chi connectivity index (χ3v) is 4.52. The molecule has 24 heavy (non-hydrogen) atoms. The molecule has 0 bridgehead atoms. The van der Waals surface area contributed by atoms with Crippen LogP contribution in [-0.4, -0.2) is 26.5 Å². The fraction of sp³-hybridized carbons (Fsp3) is 0.188. The van der Waals surface area contributed by atoms with E-state index in [4.69, 9.17) is 14.7 Å². The first-order valence-corrected chi connectivity index (χ1v) is 8.37. The molecule has 0 atom stereocenters. The summed E-state index contributed by atoms with van der Waals surface area (Å²) in [5.41, 5.74) is 5.67. The first-order valence-electron chi connectivity index (χ1n) is 6.96. The summed E-state index contributed by atoms with van der Waals surface area (Å²) in [6, 6.07) is 10.5. The number of ether oxygens (including phenoxy) is 1. The molecule has 7 nitrogen and oxygen atoms in total. The Bertz CT molecular complexity index is 833. The average molecular weight is 351 g/mol. The predicted molar refractivity (Wildman–Crippen MR) is 86.1 cm³/mol. The number of nitrogens with two attached hydrogens (primary N) is 1. The molecule has 0 aliphatic heterocycles.